The number of thiophene rings is 1. The Morgan fingerprint density at radius 1 is 1.54 bits per heavy atom. The molecule has 74 valence electrons. The van der Waals surface area contributed by atoms with Crippen LogP contribution >= 0.6 is 11.3 Å². The summed E-state index contributed by atoms with van der Waals surface area (Å²) in [5, 5.41) is 5.64. The summed E-state index contributed by atoms with van der Waals surface area (Å²) in [6.07, 6.45) is 3.84. The second-order valence-corrected chi connectivity index (χ2v) is 4.59. The number of aryl methyl sites for hydroxylation is 1. The highest BCUT2D eigenvalue weighted by Gasteiger charge is 2.09. The first-order valence-corrected chi connectivity index (χ1v) is 5.88. The zero-order chi connectivity index (χ0) is 9.68. The number of hydrogen-bond donors (Lipinski definition) is 1. The van der Waals surface area contributed by atoms with E-state index in [0.29, 0.717) is 6.04 Å². The number of unbranched alkanes of at least 4 members (excludes halogenated alkanes) is 1. The van der Waals surface area contributed by atoms with Crippen LogP contribution in [0.15, 0.2) is 11.4 Å². The molecule has 0 amide bonds. The molecular formula is C11H19NS. The van der Waals surface area contributed by atoms with E-state index >= 15 is 0 Å². The molecule has 1 nitrogen and oxygen atoms in total. The van der Waals surface area contributed by atoms with Gasteiger partial charge in [-0.1, -0.05) is 19.8 Å². The van der Waals surface area contributed by atoms with E-state index in [4.69, 9.17) is 0 Å². The minimum Gasteiger partial charge on any atom is -0.313 e. The molecule has 0 saturated carbocycles. The molecule has 1 rings (SSSR count). The summed E-state index contributed by atoms with van der Waals surface area (Å²) in [6, 6.07) is 2.85. The summed E-state index contributed by atoms with van der Waals surface area (Å²) in [4.78, 5) is 1.41. The van der Waals surface area contributed by atoms with Gasteiger partial charge in [0.05, 0.1) is 0 Å². The lowest BCUT2D eigenvalue weighted by Crippen LogP contribution is -2.15. The smallest absolute Gasteiger partial charge is 0.0325 e. The Morgan fingerprint density at radius 2 is 2.31 bits per heavy atom. The summed E-state index contributed by atoms with van der Waals surface area (Å²) >= 11 is 1.84. The van der Waals surface area contributed by atoms with E-state index in [2.05, 4.69) is 30.6 Å². The van der Waals surface area contributed by atoms with Crippen molar-refractivity contribution in [3.8, 4) is 0 Å². The van der Waals surface area contributed by atoms with Crippen LogP contribution in [0.1, 0.15) is 42.7 Å². The van der Waals surface area contributed by atoms with E-state index in [0.717, 1.165) is 0 Å². The second-order valence-electron chi connectivity index (χ2n) is 3.47. The number of rotatable bonds is 5. The van der Waals surface area contributed by atoms with Crippen LogP contribution in [0.3, 0.4) is 0 Å². The Bertz CT molecular complexity index is 242. The average Bonchev–Trinajstić information content (AvgIpc) is 2.54. The van der Waals surface area contributed by atoms with Crippen molar-refractivity contribution in [3.05, 3.63) is 21.9 Å². The zero-order valence-electron chi connectivity index (χ0n) is 8.76. The maximum Gasteiger partial charge on any atom is 0.0325 e. The molecule has 1 unspecified atom stereocenters. The number of nitrogens with one attached hydrogen (secondary N) is 1. The van der Waals surface area contributed by atoms with Gasteiger partial charge in [-0.2, -0.15) is 0 Å². The molecule has 0 aliphatic heterocycles. The highest BCUT2D eigenvalue weighted by Crippen LogP contribution is 2.23. The SMILES string of the molecule is CCCCC(NC)c1csc(C)c1. The van der Waals surface area contributed by atoms with Crippen LogP contribution in [0.4, 0.5) is 0 Å². The van der Waals surface area contributed by atoms with E-state index in [1.54, 1.807) is 0 Å². The van der Waals surface area contributed by atoms with Crippen molar-refractivity contribution in [2.75, 3.05) is 7.05 Å². The van der Waals surface area contributed by atoms with E-state index in [1.807, 2.05) is 18.4 Å². The van der Waals surface area contributed by atoms with Crippen molar-refractivity contribution < 1.29 is 0 Å². The molecule has 1 atom stereocenters. The fourth-order valence-electron chi connectivity index (χ4n) is 1.53. The summed E-state index contributed by atoms with van der Waals surface area (Å²) in [5.41, 5.74) is 1.46. The highest BCUT2D eigenvalue weighted by atomic mass is 32.1. The van der Waals surface area contributed by atoms with Crippen molar-refractivity contribution in [2.24, 2.45) is 0 Å². The average molecular weight is 197 g/mol. The van der Waals surface area contributed by atoms with Crippen LogP contribution in [-0.4, -0.2) is 7.05 Å². The predicted molar refractivity (Wildman–Crippen MR) is 60.4 cm³/mol. The first-order chi connectivity index (χ1) is 6.27. The molecule has 0 radical (unpaired) electrons. The monoisotopic (exact) mass is 197 g/mol. The lowest BCUT2D eigenvalue weighted by Gasteiger charge is -2.13. The first-order valence-electron chi connectivity index (χ1n) is 5.00. The van der Waals surface area contributed by atoms with Gasteiger partial charge in [-0.3, -0.25) is 0 Å². The summed E-state index contributed by atoms with van der Waals surface area (Å²) in [5.74, 6) is 0. The molecule has 1 N–H and O–H groups in total. The molecule has 0 aliphatic carbocycles. The second kappa shape index (κ2) is 5.40. The predicted octanol–water partition coefficient (Wildman–Crippen LogP) is 3.51. The van der Waals surface area contributed by atoms with Gasteiger partial charge in [0.15, 0.2) is 0 Å². The first kappa shape index (κ1) is 10.7. The van der Waals surface area contributed by atoms with E-state index in [9.17, 15) is 0 Å². The quantitative estimate of drug-likeness (QED) is 0.761. The molecule has 1 aromatic heterocycles. The lowest BCUT2D eigenvalue weighted by molar-refractivity contribution is 0.524. The molecular weight excluding hydrogens is 178 g/mol. The van der Waals surface area contributed by atoms with Gasteiger partial charge in [0.1, 0.15) is 0 Å². The number of hydrogen-bond acceptors (Lipinski definition) is 2. The van der Waals surface area contributed by atoms with E-state index < -0.39 is 0 Å². The maximum atomic E-state index is 3.37. The largest absolute Gasteiger partial charge is 0.313 e. The van der Waals surface area contributed by atoms with Crippen LogP contribution in [0, 0.1) is 6.92 Å². The molecule has 0 aliphatic rings. The molecule has 0 aromatic carbocycles. The third kappa shape index (κ3) is 3.12. The van der Waals surface area contributed by atoms with Gasteiger partial charge < -0.3 is 5.32 Å². The lowest BCUT2D eigenvalue weighted by atomic mass is 10.0. The van der Waals surface area contributed by atoms with Gasteiger partial charge >= 0.3 is 0 Å². The van der Waals surface area contributed by atoms with Crippen molar-refractivity contribution in [2.45, 2.75) is 39.2 Å². The topological polar surface area (TPSA) is 12.0 Å². The Balaban J connectivity index is 2.56. The van der Waals surface area contributed by atoms with Crippen LogP contribution in [0.2, 0.25) is 0 Å². The minimum atomic E-state index is 0.560. The molecule has 0 spiro atoms. The summed E-state index contributed by atoms with van der Waals surface area (Å²) in [7, 11) is 2.05. The van der Waals surface area contributed by atoms with Crippen molar-refractivity contribution >= 4 is 11.3 Å². The van der Waals surface area contributed by atoms with E-state index in [-0.39, 0.29) is 0 Å². The third-order valence-corrected chi connectivity index (χ3v) is 3.23. The highest BCUT2D eigenvalue weighted by molar-refractivity contribution is 7.10. The van der Waals surface area contributed by atoms with Crippen LogP contribution in [-0.2, 0) is 0 Å². The zero-order valence-corrected chi connectivity index (χ0v) is 9.58. The van der Waals surface area contributed by atoms with Crippen molar-refractivity contribution in [1.29, 1.82) is 0 Å². The molecule has 2 heteroatoms. The van der Waals surface area contributed by atoms with Gasteiger partial charge in [-0.05, 0) is 37.4 Å². The van der Waals surface area contributed by atoms with Gasteiger partial charge in [-0.25, -0.2) is 0 Å². The van der Waals surface area contributed by atoms with Crippen LogP contribution in [0.5, 0.6) is 0 Å². The molecule has 1 heterocycles. The van der Waals surface area contributed by atoms with Crippen molar-refractivity contribution in [3.63, 3.8) is 0 Å². The standard InChI is InChI=1S/C11H19NS/c1-4-5-6-11(12-3)10-7-9(2)13-8-10/h7-8,11-12H,4-6H2,1-3H3. The van der Waals surface area contributed by atoms with Crippen LogP contribution < -0.4 is 5.32 Å². The van der Waals surface area contributed by atoms with Crippen LogP contribution in [0.25, 0.3) is 0 Å². The van der Waals surface area contributed by atoms with Gasteiger partial charge in [-0.15, -0.1) is 11.3 Å². The molecule has 0 fully saturated rings. The maximum absolute atomic E-state index is 3.37. The van der Waals surface area contributed by atoms with Gasteiger partial charge in [0.25, 0.3) is 0 Å². The summed E-state index contributed by atoms with van der Waals surface area (Å²) in [6.45, 7) is 4.41. The molecule has 1 aromatic rings. The fraction of sp³-hybridized carbons (Fsp3) is 0.636. The fourth-order valence-corrected chi connectivity index (χ4v) is 2.29. The normalized spacial score (nSPS) is 13.2. The third-order valence-electron chi connectivity index (χ3n) is 2.35. The Hall–Kier alpha value is -0.340. The minimum absolute atomic E-state index is 0.560. The Kier molecular flexibility index (Phi) is 4.46. The Morgan fingerprint density at radius 3 is 2.77 bits per heavy atom. The van der Waals surface area contributed by atoms with E-state index in [1.165, 1.54) is 29.7 Å². The van der Waals surface area contributed by atoms with Gasteiger partial charge in [0, 0.05) is 10.9 Å². The molecule has 0 saturated heterocycles. The molecule has 13 heavy (non-hydrogen) atoms. The van der Waals surface area contributed by atoms with Gasteiger partial charge in [0.2, 0.25) is 0 Å². The Labute approximate surface area is 85.2 Å². The molecule has 0 bridgehead atoms. The van der Waals surface area contributed by atoms with Crippen molar-refractivity contribution in [1.82, 2.24) is 5.32 Å². The summed E-state index contributed by atoms with van der Waals surface area (Å²) < 4.78 is 0.